The maximum Gasteiger partial charge on any atom is 0.307 e. The minimum atomic E-state index is -3.84. The van der Waals surface area contributed by atoms with Gasteiger partial charge in [-0.25, -0.2) is 8.42 Å². The van der Waals surface area contributed by atoms with Crippen LogP contribution in [0.25, 0.3) is 0 Å². The van der Waals surface area contributed by atoms with Crippen LogP contribution in [0.5, 0.6) is 5.75 Å². The van der Waals surface area contributed by atoms with Gasteiger partial charge in [0.25, 0.3) is 0 Å². The van der Waals surface area contributed by atoms with E-state index in [0.717, 1.165) is 4.31 Å². The second-order valence-corrected chi connectivity index (χ2v) is 6.09. The highest BCUT2D eigenvalue weighted by Gasteiger charge is 2.26. The molecule has 1 aromatic rings. The molecular weight excluding hydrogens is 294 g/mol. The lowest BCUT2D eigenvalue weighted by Crippen LogP contribution is -2.32. The maximum atomic E-state index is 12.6. The number of ether oxygens (including phenoxy) is 1. The third-order valence-electron chi connectivity index (χ3n) is 2.85. The Morgan fingerprint density at radius 1 is 1.48 bits per heavy atom. The molecule has 6 nitrogen and oxygen atoms in total. The zero-order valence-corrected chi connectivity index (χ0v) is 12.7. The number of hydrogen-bond acceptors (Lipinski definition) is 4. The van der Waals surface area contributed by atoms with Crippen molar-refractivity contribution in [3.63, 3.8) is 0 Å². The Bertz CT molecular complexity index is 660. The van der Waals surface area contributed by atoms with E-state index in [-0.39, 0.29) is 23.5 Å². The predicted molar refractivity (Wildman–Crippen MR) is 77.6 cm³/mol. The lowest BCUT2D eigenvalue weighted by atomic mass is 10.1. The maximum absolute atomic E-state index is 12.6. The van der Waals surface area contributed by atoms with Crippen LogP contribution in [0.15, 0.2) is 23.1 Å². The van der Waals surface area contributed by atoms with Gasteiger partial charge in [0.2, 0.25) is 10.0 Å². The molecule has 0 saturated heterocycles. The molecule has 0 radical (unpaired) electrons. The third-order valence-corrected chi connectivity index (χ3v) is 4.87. The lowest BCUT2D eigenvalue weighted by Gasteiger charge is -2.20. The first kappa shape index (κ1) is 17.0. The van der Waals surface area contributed by atoms with Crippen LogP contribution in [-0.2, 0) is 21.2 Å². The van der Waals surface area contributed by atoms with Crippen LogP contribution in [0, 0.1) is 12.3 Å². The molecule has 0 aliphatic rings. The number of carbonyl (C=O) groups is 1. The number of benzene rings is 1. The molecule has 0 amide bonds. The summed E-state index contributed by atoms with van der Waals surface area (Å²) < 4.78 is 31.2. The van der Waals surface area contributed by atoms with Gasteiger partial charge in [-0.3, -0.25) is 4.79 Å². The Balaban J connectivity index is 3.40. The van der Waals surface area contributed by atoms with Crippen molar-refractivity contribution in [2.75, 3.05) is 20.2 Å². The fourth-order valence-corrected chi connectivity index (χ4v) is 3.41. The van der Waals surface area contributed by atoms with Crippen molar-refractivity contribution in [2.24, 2.45) is 0 Å². The molecule has 114 valence electrons. The summed E-state index contributed by atoms with van der Waals surface area (Å²) in [5, 5.41) is 8.94. The summed E-state index contributed by atoms with van der Waals surface area (Å²) in [7, 11) is -2.42. The minimum Gasteiger partial charge on any atom is -0.497 e. The summed E-state index contributed by atoms with van der Waals surface area (Å²) in [6, 6.07) is 4.22. The molecule has 0 fully saturated rings. The topological polar surface area (TPSA) is 83.9 Å². The summed E-state index contributed by atoms with van der Waals surface area (Å²) in [6.07, 6.45) is 4.76. The van der Waals surface area contributed by atoms with Crippen LogP contribution < -0.4 is 4.74 Å². The lowest BCUT2D eigenvalue weighted by molar-refractivity contribution is -0.136. The fraction of sp³-hybridized carbons (Fsp3) is 0.357. The van der Waals surface area contributed by atoms with Gasteiger partial charge in [0.1, 0.15) is 5.75 Å². The zero-order valence-electron chi connectivity index (χ0n) is 11.9. The van der Waals surface area contributed by atoms with Gasteiger partial charge in [0.05, 0.1) is 25.0 Å². The van der Waals surface area contributed by atoms with Gasteiger partial charge in [-0.15, -0.1) is 6.42 Å². The average molecular weight is 311 g/mol. The molecule has 0 aliphatic heterocycles. The largest absolute Gasteiger partial charge is 0.497 e. The van der Waals surface area contributed by atoms with Crippen LogP contribution in [0.1, 0.15) is 12.5 Å². The van der Waals surface area contributed by atoms with Crippen LogP contribution in [-0.4, -0.2) is 44.0 Å². The molecule has 0 unspecified atom stereocenters. The Kier molecular flexibility index (Phi) is 5.76. The van der Waals surface area contributed by atoms with E-state index in [1.54, 1.807) is 6.92 Å². The van der Waals surface area contributed by atoms with Gasteiger partial charge in [-0.2, -0.15) is 4.31 Å². The zero-order chi connectivity index (χ0) is 16.0. The number of sulfonamides is 1. The van der Waals surface area contributed by atoms with Crippen molar-refractivity contribution in [1.82, 2.24) is 4.31 Å². The normalized spacial score (nSPS) is 11.1. The van der Waals surface area contributed by atoms with Crippen LogP contribution >= 0.6 is 0 Å². The number of methoxy groups -OCH3 is 1. The van der Waals surface area contributed by atoms with E-state index in [9.17, 15) is 13.2 Å². The van der Waals surface area contributed by atoms with Crippen molar-refractivity contribution in [2.45, 2.75) is 18.2 Å². The van der Waals surface area contributed by atoms with Gasteiger partial charge in [-0.1, -0.05) is 12.8 Å². The molecule has 1 aromatic carbocycles. The number of carboxylic acids is 1. The third kappa shape index (κ3) is 3.97. The first-order chi connectivity index (χ1) is 9.86. The Morgan fingerprint density at radius 2 is 2.14 bits per heavy atom. The number of aliphatic carboxylic acids is 1. The summed E-state index contributed by atoms with van der Waals surface area (Å²) in [5.41, 5.74) is 0.164. The summed E-state index contributed by atoms with van der Waals surface area (Å²) >= 11 is 0. The fourth-order valence-electron chi connectivity index (χ4n) is 1.84. The number of rotatable bonds is 7. The van der Waals surface area contributed by atoms with E-state index in [2.05, 4.69) is 5.92 Å². The van der Waals surface area contributed by atoms with Crippen molar-refractivity contribution in [3.05, 3.63) is 23.8 Å². The van der Waals surface area contributed by atoms with Gasteiger partial charge in [-0.05, 0) is 23.8 Å². The van der Waals surface area contributed by atoms with Crippen LogP contribution in [0.3, 0.4) is 0 Å². The Hall–Kier alpha value is -2.04. The van der Waals surface area contributed by atoms with Crippen molar-refractivity contribution < 1.29 is 23.1 Å². The smallest absolute Gasteiger partial charge is 0.307 e. The minimum absolute atomic E-state index is 0.0669. The van der Waals surface area contributed by atoms with E-state index in [1.807, 2.05) is 0 Å². The quantitative estimate of drug-likeness (QED) is 0.758. The second-order valence-electron chi connectivity index (χ2n) is 4.18. The van der Waals surface area contributed by atoms with E-state index >= 15 is 0 Å². The first-order valence-corrected chi connectivity index (χ1v) is 7.63. The highest BCUT2D eigenvalue weighted by molar-refractivity contribution is 7.89. The Labute approximate surface area is 124 Å². The number of carboxylic acid groups (broad SMARTS) is 1. The number of terminal acetylenes is 1. The molecule has 0 heterocycles. The summed E-state index contributed by atoms with van der Waals surface area (Å²) in [5.74, 6) is 1.55. The average Bonchev–Trinajstić information content (AvgIpc) is 2.43. The standard InChI is InChI=1S/C14H17NO5S/c1-4-8-15(5-2)21(18,19)13-7-6-12(20-3)9-11(13)10-14(16)17/h1,6-7,9H,5,8,10H2,2-3H3,(H,16,17). The van der Waals surface area contributed by atoms with E-state index in [0.29, 0.717) is 5.75 Å². The molecule has 0 aromatic heterocycles. The monoisotopic (exact) mass is 311 g/mol. The number of nitrogens with zero attached hydrogens (tertiary/aromatic N) is 1. The molecule has 7 heteroatoms. The van der Waals surface area contributed by atoms with Gasteiger partial charge < -0.3 is 9.84 Å². The van der Waals surface area contributed by atoms with E-state index in [1.165, 1.54) is 25.3 Å². The van der Waals surface area contributed by atoms with Crippen LogP contribution in [0.2, 0.25) is 0 Å². The molecule has 0 atom stereocenters. The molecule has 0 spiro atoms. The highest BCUT2D eigenvalue weighted by atomic mass is 32.2. The molecule has 0 aliphatic carbocycles. The Morgan fingerprint density at radius 3 is 2.62 bits per heavy atom. The molecule has 0 bridgehead atoms. The molecule has 1 N–H and O–H groups in total. The molecule has 1 rings (SSSR count). The van der Waals surface area contributed by atoms with Crippen molar-refractivity contribution in [1.29, 1.82) is 0 Å². The summed E-state index contributed by atoms with van der Waals surface area (Å²) in [6.45, 7) is 1.79. The predicted octanol–water partition coefficient (Wildman–Crippen LogP) is 0.966. The van der Waals surface area contributed by atoms with Gasteiger partial charge >= 0.3 is 5.97 Å². The van der Waals surface area contributed by atoms with Crippen molar-refractivity contribution in [3.8, 4) is 18.1 Å². The molecular formula is C14H17NO5S. The molecule has 21 heavy (non-hydrogen) atoms. The van der Waals surface area contributed by atoms with Gasteiger partial charge in [0, 0.05) is 6.54 Å². The van der Waals surface area contributed by atoms with Crippen molar-refractivity contribution >= 4 is 16.0 Å². The SMILES string of the molecule is C#CCN(CC)S(=O)(=O)c1ccc(OC)cc1CC(=O)O. The second kappa shape index (κ2) is 7.11. The van der Waals surface area contributed by atoms with E-state index < -0.39 is 22.4 Å². The van der Waals surface area contributed by atoms with E-state index in [4.69, 9.17) is 16.3 Å². The highest BCUT2D eigenvalue weighted by Crippen LogP contribution is 2.25. The van der Waals surface area contributed by atoms with Crippen LogP contribution in [0.4, 0.5) is 0 Å². The first-order valence-electron chi connectivity index (χ1n) is 6.19. The molecule has 0 saturated carbocycles. The number of hydrogen-bond donors (Lipinski definition) is 1. The summed E-state index contributed by atoms with van der Waals surface area (Å²) in [4.78, 5) is 10.9. The van der Waals surface area contributed by atoms with Gasteiger partial charge in [0.15, 0.2) is 0 Å².